The number of carboxylic acids is 1. The van der Waals surface area contributed by atoms with Gasteiger partial charge in [0.25, 0.3) is 0 Å². The van der Waals surface area contributed by atoms with E-state index in [1.54, 1.807) is 69.6 Å². The Morgan fingerprint density at radius 3 is 1.96 bits per heavy atom. The van der Waals surface area contributed by atoms with Crippen LogP contribution < -0.4 is 43.0 Å². The molecule has 1 aromatic heterocycles. The summed E-state index contributed by atoms with van der Waals surface area (Å²) >= 11 is 0.737. The fraction of sp³-hybridized carbons (Fsp3) is 0.449. The molecule has 30 heteroatoms. The minimum absolute atomic E-state index is 0.0117. The number of aromatic nitrogens is 1. The van der Waals surface area contributed by atoms with Gasteiger partial charge in [-0.25, -0.2) is 13.2 Å². The molecule has 5 aromatic rings. The third-order valence-corrected chi connectivity index (χ3v) is 17.9. The van der Waals surface area contributed by atoms with Crippen molar-refractivity contribution in [2.45, 2.75) is 146 Å². The molecule has 6 rings (SSSR count). The molecule has 12 N–H and O–H groups in total. The minimum atomic E-state index is -1.82. The number of primary amides is 1. The summed E-state index contributed by atoms with van der Waals surface area (Å²) in [5.74, 6) is -16.1. The number of hydrogen-bond acceptors (Lipinski definition) is 15. The molecule has 0 saturated carbocycles. The van der Waals surface area contributed by atoms with Gasteiger partial charge in [0.2, 0.25) is 59.1 Å². The molecule has 1 saturated heterocycles. The number of carboxylic acid groups (broad SMARTS) is 1. The molecule has 4 aromatic carbocycles. The lowest BCUT2D eigenvalue weighted by Gasteiger charge is -2.38. The standard InChI is InChI=1S/C69H87F3N12O14S/c1-7-8-19-56(69(98)84-25-14-20-55(84)66(95)77-44(36-85)33-60(89)90)82(5)68(97)57(31-40-15-10-9-11-16-40)83(6)67(96)53(30-42-27-47(70)61(72)48(71)28-42)78-59(88)38-99-37-54(62(91)76-35-58(73)87)81-64(93)51(26-39(2)3)79-65(94)52(29-41-21-23-45(86)24-22-41)80-63(92)50(74-4)32-43-34-75-49-18-13-12-17-46(43)49/h9-13,15-18,21-24,27-28,34,36,39,44,50-57,74-75,86H,7-8,14,19-20,25-26,29-33,35,37-38H2,1-6H3,(H2,73,87)(H,76,91)(H,77,95)(H,78,88)(H,79,94)(H,80,92)(H,81,93)(H,89,90)/t44-,50-,51-,52-,53-,54-,55+,56-,57?/m0/s1. The number of carbonyl (C=O) groups is 12. The number of phenolic OH excluding ortho intramolecular Hbond substituents is 1. The number of hydrogen-bond donors (Lipinski definition) is 11. The number of benzene rings is 4. The molecule has 1 unspecified atom stereocenters. The van der Waals surface area contributed by atoms with Crippen molar-refractivity contribution in [1.29, 1.82) is 0 Å². The number of aromatic hydroxyl groups is 1. The van der Waals surface area contributed by atoms with Crippen molar-refractivity contribution in [1.82, 2.24) is 56.9 Å². The molecule has 0 bridgehead atoms. The van der Waals surface area contributed by atoms with Gasteiger partial charge < -0.3 is 77.6 Å². The number of likely N-dealkylation sites (tertiary alicyclic amines) is 1. The van der Waals surface area contributed by atoms with Crippen LogP contribution in [0.1, 0.15) is 88.0 Å². The summed E-state index contributed by atoms with van der Waals surface area (Å²) in [7, 11) is 4.17. The summed E-state index contributed by atoms with van der Waals surface area (Å²) < 4.78 is 44.2. The number of carbonyl (C=O) groups excluding carboxylic acids is 11. The second kappa shape index (κ2) is 37.8. The van der Waals surface area contributed by atoms with Crippen molar-refractivity contribution in [3.63, 3.8) is 0 Å². The van der Waals surface area contributed by atoms with Crippen molar-refractivity contribution < 1.29 is 80.9 Å². The lowest BCUT2D eigenvalue weighted by Crippen LogP contribution is -2.59. The zero-order valence-electron chi connectivity index (χ0n) is 55.9. The number of aromatic amines is 1. The number of aldehydes is 1. The lowest BCUT2D eigenvalue weighted by molar-refractivity contribution is -0.152. The van der Waals surface area contributed by atoms with Gasteiger partial charge >= 0.3 is 5.97 Å². The number of unbranched alkanes of at least 4 members (excludes halogenated alkanes) is 1. The average Bonchev–Trinajstić information content (AvgIpc) is 1.80. The van der Waals surface area contributed by atoms with Gasteiger partial charge in [0.05, 0.1) is 30.8 Å². The Labute approximate surface area is 575 Å². The van der Waals surface area contributed by atoms with Gasteiger partial charge in [0.1, 0.15) is 54.3 Å². The summed E-state index contributed by atoms with van der Waals surface area (Å²) in [5, 5.41) is 38.6. The maximum atomic E-state index is 15.2. The average molecular weight is 1400 g/mol. The number of likely N-dealkylation sites (N-methyl/N-ethyl adjacent to an activating group) is 3. The van der Waals surface area contributed by atoms with E-state index in [0.29, 0.717) is 42.5 Å². The van der Waals surface area contributed by atoms with Gasteiger partial charge in [-0.05, 0) is 97.7 Å². The summed E-state index contributed by atoms with van der Waals surface area (Å²) in [4.78, 5) is 171. The maximum absolute atomic E-state index is 15.2. The van der Waals surface area contributed by atoms with Crippen LogP contribution >= 0.6 is 11.8 Å². The van der Waals surface area contributed by atoms with Gasteiger partial charge in [-0.1, -0.05) is 94.3 Å². The summed E-state index contributed by atoms with van der Waals surface area (Å²) in [6, 6.07) is 11.0. The first kappa shape index (κ1) is 78.2. The highest BCUT2D eigenvalue weighted by molar-refractivity contribution is 8.00. The highest BCUT2D eigenvalue weighted by Gasteiger charge is 2.43. The first-order valence-electron chi connectivity index (χ1n) is 32.5. The molecule has 1 aliphatic rings. The first-order valence-corrected chi connectivity index (χ1v) is 33.6. The fourth-order valence-corrected chi connectivity index (χ4v) is 12.4. The number of H-pyrrole nitrogens is 1. The zero-order chi connectivity index (χ0) is 72.6. The Bertz CT molecular complexity index is 3660. The number of halogens is 3. The van der Waals surface area contributed by atoms with E-state index in [-0.39, 0.29) is 68.6 Å². The van der Waals surface area contributed by atoms with E-state index >= 15 is 9.59 Å². The highest BCUT2D eigenvalue weighted by Crippen LogP contribution is 2.26. The van der Waals surface area contributed by atoms with Crippen molar-refractivity contribution in [3.8, 4) is 5.75 Å². The predicted molar refractivity (Wildman–Crippen MR) is 361 cm³/mol. The number of thioether (sulfide) groups is 1. The minimum Gasteiger partial charge on any atom is -0.508 e. The summed E-state index contributed by atoms with van der Waals surface area (Å²) in [5.41, 5.74) is 7.79. The second-order valence-electron chi connectivity index (χ2n) is 24.8. The number of para-hydroxylation sites is 1. The van der Waals surface area contributed by atoms with Crippen LogP contribution in [0.2, 0.25) is 0 Å². The molecule has 0 spiro atoms. The molecule has 99 heavy (non-hydrogen) atoms. The van der Waals surface area contributed by atoms with Crippen LogP contribution in [0.15, 0.2) is 97.2 Å². The van der Waals surface area contributed by atoms with Crippen LogP contribution in [-0.4, -0.2) is 201 Å². The molecule has 1 aliphatic heterocycles. The van der Waals surface area contributed by atoms with Crippen molar-refractivity contribution >= 4 is 94.0 Å². The molecule has 10 amide bonds. The van der Waals surface area contributed by atoms with Crippen LogP contribution in [0.3, 0.4) is 0 Å². The van der Waals surface area contributed by atoms with Gasteiger partial charge in [0, 0.05) is 62.8 Å². The zero-order valence-corrected chi connectivity index (χ0v) is 56.8. The third kappa shape index (κ3) is 22.9. The van der Waals surface area contributed by atoms with E-state index < -0.39 is 168 Å². The molecule has 26 nitrogen and oxygen atoms in total. The van der Waals surface area contributed by atoms with Crippen LogP contribution in [0.5, 0.6) is 5.75 Å². The van der Waals surface area contributed by atoms with Crippen LogP contribution in [0.25, 0.3) is 10.9 Å². The van der Waals surface area contributed by atoms with E-state index in [0.717, 1.165) is 38.0 Å². The Morgan fingerprint density at radius 2 is 1.32 bits per heavy atom. The van der Waals surface area contributed by atoms with Gasteiger partial charge in [0.15, 0.2) is 17.5 Å². The Morgan fingerprint density at radius 1 is 0.717 bits per heavy atom. The van der Waals surface area contributed by atoms with E-state index in [1.807, 2.05) is 31.2 Å². The van der Waals surface area contributed by atoms with E-state index in [4.69, 9.17) is 5.73 Å². The van der Waals surface area contributed by atoms with Crippen molar-refractivity contribution in [2.75, 3.05) is 45.7 Å². The molecule has 0 aliphatic carbocycles. The van der Waals surface area contributed by atoms with Gasteiger partial charge in [-0.2, -0.15) is 0 Å². The first-order chi connectivity index (χ1) is 47.1. The van der Waals surface area contributed by atoms with Crippen LogP contribution in [-0.2, 0) is 83.2 Å². The monoisotopic (exact) mass is 1400 g/mol. The number of nitrogens with one attached hydrogen (secondary N) is 8. The Balaban J connectivity index is 1.24. The molecular weight excluding hydrogens is 1310 g/mol. The number of nitrogens with two attached hydrogens (primary N) is 1. The molecular formula is C69H87F3N12O14S. The van der Waals surface area contributed by atoms with Gasteiger partial charge in [-0.15, -0.1) is 11.8 Å². The largest absolute Gasteiger partial charge is 0.508 e. The predicted octanol–water partition coefficient (Wildman–Crippen LogP) is 2.46. The SMILES string of the molecule is CCCC[C@@H](C(=O)N1CCC[C@@H]1C(=O)N[C@H](C=O)CC(=O)O)N(C)C(=O)C(Cc1ccccc1)N(C)C(=O)[C@H](Cc1cc(F)c(F)c(F)c1)NC(=O)CSC[C@H](NC(=O)[C@H](CC(C)C)NC(=O)[C@H](Cc1ccc(O)cc1)NC(=O)[C@H](Cc1c[nH]c2ccccc12)NC)C(=O)NCC(N)=O. The number of amides is 10. The summed E-state index contributed by atoms with van der Waals surface area (Å²) in [6.07, 6.45) is 2.10. The molecule has 1 fully saturated rings. The molecule has 9 atom stereocenters. The number of fused-ring (bicyclic) bond motifs is 1. The summed E-state index contributed by atoms with van der Waals surface area (Å²) in [6.45, 7) is 4.76. The fourth-order valence-electron chi connectivity index (χ4n) is 11.6. The quantitative estimate of drug-likeness (QED) is 0.0200. The highest BCUT2D eigenvalue weighted by atomic mass is 32.2. The second-order valence-corrected chi connectivity index (χ2v) is 25.8. The van der Waals surface area contributed by atoms with E-state index in [2.05, 4.69) is 42.2 Å². The Kier molecular flexibility index (Phi) is 29.8. The van der Waals surface area contributed by atoms with Crippen molar-refractivity contribution in [3.05, 3.63) is 137 Å². The maximum Gasteiger partial charge on any atom is 0.305 e. The topological polar surface area (TPSA) is 381 Å². The lowest BCUT2D eigenvalue weighted by atomic mass is 9.99. The van der Waals surface area contributed by atoms with Crippen LogP contribution in [0.4, 0.5) is 13.2 Å². The normalized spacial score (nSPS) is 15.2. The third-order valence-electron chi connectivity index (χ3n) is 16.8. The number of rotatable bonds is 38. The molecule has 2 heterocycles. The van der Waals surface area contributed by atoms with Gasteiger partial charge in [-0.3, -0.25) is 52.7 Å². The number of aliphatic carboxylic acids is 1. The number of nitrogens with zero attached hydrogens (tertiary/aromatic N) is 3. The number of phenols is 1. The van der Waals surface area contributed by atoms with E-state index in [9.17, 15) is 71.3 Å². The Hall–Kier alpha value is -9.84. The van der Waals surface area contributed by atoms with E-state index in [1.165, 1.54) is 31.1 Å². The smallest absolute Gasteiger partial charge is 0.305 e. The van der Waals surface area contributed by atoms with Crippen molar-refractivity contribution in [2.24, 2.45) is 11.7 Å². The van der Waals surface area contributed by atoms with Crippen LogP contribution in [0, 0.1) is 23.4 Å². The molecule has 0 radical (unpaired) electrons. The molecule has 534 valence electrons.